The van der Waals surface area contributed by atoms with Gasteiger partial charge in [-0.2, -0.15) is 0 Å². The molecule has 1 amide bonds. The van der Waals surface area contributed by atoms with Crippen molar-refractivity contribution in [3.05, 3.63) is 0 Å². The molecular weight excluding hydrogens is 206 g/mol. The molecule has 0 unspecified atom stereocenters. The van der Waals surface area contributed by atoms with E-state index in [-0.39, 0.29) is 5.91 Å². The Bertz CT molecular complexity index is 133. The number of amides is 1. The van der Waals surface area contributed by atoms with Gasteiger partial charge in [0.15, 0.2) is 0 Å². The Kier molecular flexibility index (Phi) is 10.4. The van der Waals surface area contributed by atoms with Gasteiger partial charge in [-0.3, -0.25) is 4.79 Å². The fraction of sp³-hybridized carbons (Fsp3) is 0.875. The van der Waals surface area contributed by atoms with Gasteiger partial charge in [0.05, 0.1) is 0 Å². The maximum absolute atomic E-state index is 9.22. The van der Waals surface area contributed by atoms with Crippen LogP contribution in [0.5, 0.6) is 0 Å². The van der Waals surface area contributed by atoms with E-state index in [0.29, 0.717) is 0 Å². The summed E-state index contributed by atoms with van der Waals surface area (Å²) in [6.07, 6.45) is 1.16. The van der Waals surface area contributed by atoms with Gasteiger partial charge in [-0.1, -0.05) is 0 Å². The third-order valence-electron chi connectivity index (χ3n) is 1.57. The molecule has 0 atom stereocenters. The topological polar surface area (TPSA) is 61.6 Å². The van der Waals surface area contributed by atoms with Crippen molar-refractivity contribution < 1.29 is 28.8 Å². The van der Waals surface area contributed by atoms with Crippen molar-refractivity contribution in [3.8, 4) is 0 Å². The van der Waals surface area contributed by atoms with Crippen LogP contribution in [0.2, 0.25) is 9.95 Å². The summed E-state index contributed by atoms with van der Waals surface area (Å²) in [5.41, 5.74) is 4.47. The zero-order valence-electron chi connectivity index (χ0n) is 9.22. The van der Waals surface area contributed by atoms with Crippen LogP contribution in [0.15, 0.2) is 0 Å². The molecule has 0 aromatic carbocycles. The second-order valence-corrected chi connectivity index (χ2v) is 8.50. The quantitative estimate of drug-likeness (QED) is 0.742. The van der Waals surface area contributed by atoms with E-state index in [0.717, 1.165) is 11.1 Å². The van der Waals surface area contributed by atoms with Gasteiger partial charge in [-0.25, -0.2) is 0 Å². The Morgan fingerprint density at radius 2 is 1.69 bits per heavy atom. The van der Waals surface area contributed by atoms with E-state index in [9.17, 15) is 4.79 Å². The van der Waals surface area contributed by atoms with Crippen LogP contribution in [0.1, 0.15) is 20.3 Å². The number of nitrogens with two attached hydrogens (primary N) is 1. The SMILES string of the molecule is CC(N)=O.CC[CH2][Ti]([CH3])([O]C)[O]C. The van der Waals surface area contributed by atoms with Gasteiger partial charge in [-0.15, -0.1) is 0 Å². The zero-order valence-corrected chi connectivity index (χ0v) is 10.8. The fourth-order valence-corrected chi connectivity index (χ4v) is 3.06. The first-order valence-electron chi connectivity index (χ1n) is 4.28. The van der Waals surface area contributed by atoms with Gasteiger partial charge in [-0.05, 0) is 0 Å². The Morgan fingerprint density at radius 3 is 1.77 bits per heavy atom. The molecule has 0 radical (unpaired) electrons. The van der Waals surface area contributed by atoms with Crippen LogP contribution in [0, 0.1) is 0 Å². The van der Waals surface area contributed by atoms with E-state index >= 15 is 0 Å². The summed E-state index contributed by atoms with van der Waals surface area (Å²) in [7, 11) is 3.50. The van der Waals surface area contributed by atoms with Crippen molar-refractivity contribution in [2.75, 3.05) is 14.2 Å². The predicted octanol–water partition coefficient (Wildman–Crippen LogP) is 1.63. The molecule has 0 saturated carbocycles. The molecule has 0 heterocycles. The average Bonchev–Trinajstić information content (AvgIpc) is 2.04. The Hall–Kier alpha value is 0.104. The Morgan fingerprint density at radius 1 is 1.38 bits per heavy atom. The van der Waals surface area contributed by atoms with Crippen LogP contribution in [-0.2, 0) is 28.8 Å². The number of carbonyl (C=O) groups excluding carboxylic acids is 1. The number of rotatable bonds is 4. The molecule has 4 nitrogen and oxygen atoms in total. The van der Waals surface area contributed by atoms with Crippen molar-refractivity contribution in [1.29, 1.82) is 0 Å². The Balaban J connectivity index is 0. The van der Waals surface area contributed by atoms with Gasteiger partial charge in [0.25, 0.3) is 0 Å². The van der Waals surface area contributed by atoms with Crippen molar-refractivity contribution in [3.63, 3.8) is 0 Å². The molecule has 0 saturated heterocycles. The summed E-state index contributed by atoms with van der Waals surface area (Å²) in [4.78, 5) is 9.22. The van der Waals surface area contributed by atoms with Gasteiger partial charge in [0, 0.05) is 6.92 Å². The molecule has 0 aromatic rings. The molecule has 13 heavy (non-hydrogen) atoms. The van der Waals surface area contributed by atoms with Crippen molar-refractivity contribution >= 4 is 5.91 Å². The number of hydrogen-bond donors (Lipinski definition) is 1. The van der Waals surface area contributed by atoms with E-state index in [1.54, 1.807) is 14.2 Å². The molecule has 0 aliphatic rings. The molecule has 5 heteroatoms. The van der Waals surface area contributed by atoms with Crippen molar-refractivity contribution in [1.82, 2.24) is 0 Å². The molecule has 0 aromatic heterocycles. The molecule has 0 aliphatic heterocycles. The molecule has 2 N–H and O–H groups in total. The third-order valence-corrected chi connectivity index (χ3v) is 6.46. The summed E-state index contributed by atoms with van der Waals surface area (Å²) in [6.45, 7) is 3.46. The minimum absolute atomic E-state index is 0.333. The van der Waals surface area contributed by atoms with Crippen molar-refractivity contribution in [2.45, 2.75) is 30.2 Å². The summed E-state index contributed by atoms with van der Waals surface area (Å²) in [5, 5.41) is 2.13. The third kappa shape index (κ3) is 12.1. The monoisotopic (exact) mass is 227 g/mol. The molecular formula is C8H21NO3Ti. The van der Waals surface area contributed by atoms with Crippen LogP contribution >= 0.6 is 0 Å². The van der Waals surface area contributed by atoms with Crippen LogP contribution in [0.25, 0.3) is 0 Å². The molecule has 0 fully saturated rings. The predicted molar refractivity (Wildman–Crippen MR) is 49.8 cm³/mol. The minimum atomic E-state index is -2.16. The van der Waals surface area contributed by atoms with E-state index in [4.69, 9.17) is 6.64 Å². The van der Waals surface area contributed by atoms with Crippen LogP contribution in [0.3, 0.4) is 0 Å². The first-order chi connectivity index (χ1) is 5.91. The fourth-order valence-electron chi connectivity index (χ4n) is 0.742. The second-order valence-electron chi connectivity index (χ2n) is 2.90. The molecule has 80 valence electrons. The molecule has 0 spiro atoms. The maximum atomic E-state index is 9.22. The summed E-state index contributed by atoms with van der Waals surface area (Å²) in [6, 6.07) is 0. The van der Waals surface area contributed by atoms with E-state index < -0.39 is 17.4 Å². The average molecular weight is 227 g/mol. The number of hydrogen-bond acceptors (Lipinski definition) is 3. The van der Waals surface area contributed by atoms with Crippen LogP contribution in [-0.4, -0.2) is 20.1 Å². The standard InChI is InChI=1S/C3H7.C2H5NO.2CH3O.CH3.Ti/c1-3-2;1-2(3)4;2*1-2;;/h1,3H2,2H3;1H3,(H2,3,4);2*1H3;1H3;/q;;2*-1;;+2. The first-order valence-corrected chi connectivity index (χ1v) is 8.22. The van der Waals surface area contributed by atoms with E-state index in [2.05, 4.69) is 17.9 Å². The van der Waals surface area contributed by atoms with Gasteiger partial charge < -0.3 is 5.73 Å². The zero-order chi connectivity index (χ0) is 10.9. The molecule has 0 rings (SSSR count). The van der Waals surface area contributed by atoms with Gasteiger partial charge in [0.1, 0.15) is 0 Å². The van der Waals surface area contributed by atoms with Crippen LogP contribution in [0.4, 0.5) is 0 Å². The summed E-state index contributed by atoms with van der Waals surface area (Å²) < 4.78 is 11.7. The normalized spacial score (nSPS) is 10.2. The van der Waals surface area contributed by atoms with E-state index in [1.807, 2.05) is 0 Å². The van der Waals surface area contributed by atoms with Crippen LogP contribution < -0.4 is 5.73 Å². The molecule has 0 bridgehead atoms. The second kappa shape index (κ2) is 8.69. The van der Waals surface area contributed by atoms with Gasteiger partial charge >= 0.3 is 61.5 Å². The first kappa shape index (κ1) is 15.6. The number of primary amides is 1. The summed E-state index contributed by atoms with van der Waals surface area (Å²) in [5.74, 6) is -0.333. The molecule has 0 aliphatic carbocycles. The summed E-state index contributed by atoms with van der Waals surface area (Å²) >= 11 is -2.16. The van der Waals surface area contributed by atoms with E-state index in [1.165, 1.54) is 6.92 Å². The Labute approximate surface area is 85.1 Å². The number of carbonyl (C=O) groups is 1. The van der Waals surface area contributed by atoms with Crippen molar-refractivity contribution in [2.24, 2.45) is 5.73 Å². The van der Waals surface area contributed by atoms with Gasteiger partial charge in [0.2, 0.25) is 5.91 Å².